The van der Waals surface area contributed by atoms with Crippen LogP contribution in [0.2, 0.25) is 0 Å². The SMILES string of the molecule is CNC(=O)[C@@H]1COC2(CN(C(=O)C3CC(F)C3)C2)CN1CC1CC1. The first-order valence-corrected chi connectivity index (χ1v) is 9.02. The molecule has 1 atom stereocenters. The van der Waals surface area contributed by atoms with E-state index in [1.807, 2.05) is 0 Å². The first kappa shape index (κ1) is 16.3. The monoisotopic (exact) mass is 339 g/mol. The molecular weight excluding hydrogens is 313 g/mol. The maximum absolute atomic E-state index is 13.0. The van der Waals surface area contributed by atoms with Crippen LogP contribution in [0.15, 0.2) is 0 Å². The summed E-state index contributed by atoms with van der Waals surface area (Å²) in [6.07, 6.45) is 2.41. The van der Waals surface area contributed by atoms with Crippen molar-refractivity contribution in [3.05, 3.63) is 0 Å². The molecule has 4 fully saturated rings. The van der Waals surface area contributed by atoms with Gasteiger partial charge in [0.15, 0.2) is 0 Å². The molecule has 0 aromatic heterocycles. The molecule has 0 aromatic carbocycles. The van der Waals surface area contributed by atoms with Crippen LogP contribution < -0.4 is 5.32 Å². The number of likely N-dealkylation sites (tertiary alicyclic amines) is 1. The molecule has 4 aliphatic rings. The Morgan fingerprint density at radius 1 is 1.25 bits per heavy atom. The number of halogens is 1. The largest absolute Gasteiger partial charge is 0.368 e. The van der Waals surface area contributed by atoms with Crippen molar-refractivity contribution in [1.82, 2.24) is 15.1 Å². The molecule has 2 aliphatic heterocycles. The van der Waals surface area contributed by atoms with E-state index in [1.165, 1.54) is 12.8 Å². The molecule has 0 aromatic rings. The van der Waals surface area contributed by atoms with Crippen LogP contribution in [0, 0.1) is 11.8 Å². The quantitative estimate of drug-likeness (QED) is 0.793. The molecular formula is C17H26FN3O3. The van der Waals surface area contributed by atoms with Gasteiger partial charge in [0.25, 0.3) is 0 Å². The van der Waals surface area contributed by atoms with Crippen LogP contribution in [0.25, 0.3) is 0 Å². The number of alkyl halides is 1. The average Bonchev–Trinajstić information content (AvgIpc) is 3.32. The van der Waals surface area contributed by atoms with Crippen molar-refractivity contribution in [2.24, 2.45) is 11.8 Å². The van der Waals surface area contributed by atoms with Crippen molar-refractivity contribution in [2.75, 3.05) is 39.8 Å². The van der Waals surface area contributed by atoms with Crippen LogP contribution in [-0.4, -0.2) is 79.3 Å². The molecule has 2 amide bonds. The molecule has 6 nitrogen and oxygen atoms in total. The molecule has 1 N–H and O–H groups in total. The zero-order chi connectivity index (χ0) is 16.9. The van der Waals surface area contributed by atoms with Gasteiger partial charge in [0.05, 0.1) is 19.7 Å². The topological polar surface area (TPSA) is 61.9 Å². The number of nitrogens with one attached hydrogen (secondary N) is 1. The molecule has 0 unspecified atom stereocenters. The minimum atomic E-state index is -0.803. The van der Waals surface area contributed by atoms with E-state index in [4.69, 9.17) is 4.74 Å². The third-order valence-corrected chi connectivity index (χ3v) is 5.92. The number of likely N-dealkylation sites (N-methyl/N-ethyl adjacent to an activating group) is 1. The summed E-state index contributed by atoms with van der Waals surface area (Å²) in [7, 11) is 1.66. The van der Waals surface area contributed by atoms with Crippen molar-refractivity contribution in [3.8, 4) is 0 Å². The van der Waals surface area contributed by atoms with Crippen LogP contribution in [0.5, 0.6) is 0 Å². The molecule has 4 rings (SSSR count). The second-order valence-corrected chi connectivity index (χ2v) is 7.96. The lowest BCUT2D eigenvalue weighted by Crippen LogP contribution is -2.74. The molecule has 2 saturated heterocycles. The van der Waals surface area contributed by atoms with Crippen LogP contribution in [0.3, 0.4) is 0 Å². The van der Waals surface area contributed by atoms with Crippen LogP contribution in [0.1, 0.15) is 25.7 Å². The number of rotatable bonds is 4. The van der Waals surface area contributed by atoms with Gasteiger partial charge in [-0.15, -0.1) is 0 Å². The third kappa shape index (κ3) is 2.92. The zero-order valence-electron chi connectivity index (χ0n) is 14.2. The van der Waals surface area contributed by atoms with Crippen molar-refractivity contribution >= 4 is 11.8 Å². The lowest BCUT2D eigenvalue weighted by atomic mass is 9.80. The standard InChI is InChI=1S/C17H26FN3O3/c1-19-15(22)14-7-24-17(8-20(14)6-11-2-3-11)9-21(10-17)16(23)12-4-13(18)5-12/h11-14H,2-10H2,1H3,(H,19,22)/t12?,13?,14-/m0/s1. The van der Waals surface area contributed by atoms with E-state index in [0.717, 1.165) is 6.54 Å². The number of carbonyl (C=O) groups is 2. The third-order valence-electron chi connectivity index (χ3n) is 5.92. The fraction of sp³-hybridized carbons (Fsp3) is 0.882. The van der Waals surface area contributed by atoms with E-state index in [1.54, 1.807) is 11.9 Å². The second kappa shape index (κ2) is 5.95. The molecule has 2 saturated carbocycles. The summed E-state index contributed by atoms with van der Waals surface area (Å²) in [6, 6.07) is -0.232. The molecule has 0 radical (unpaired) electrons. The van der Waals surface area contributed by atoms with Gasteiger partial charge in [0.2, 0.25) is 11.8 Å². The van der Waals surface area contributed by atoms with Gasteiger partial charge in [0.1, 0.15) is 17.8 Å². The smallest absolute Gasteiger partial charge is 0.239 e. The Kier molecular flexibility index (Phi) is 4.03. The lowest BCUT2D eigenvalue weighted by molar-refractivity contribution is -0.207. The summed E-state index contributed by atoms with van der Waals surface area (Å²) in [4.78, 5) is 28.4. The Labute approximate surface area is 141 Å². The predicted octanol–water partition coefficient (Wildman–Crippen LogP) is 0.172. The van der Waals surface area contributed by atoms with Gasteiger partial charge < -0.3 is 15.0 Å². The Balaban J connectivity index is 1.35. The summed E-state index contributed by atoms with van der Waals surface area (Å²) in [5.41, 5.74) is -0.339. The predicted molar refractivity (Wildman–Crippen MR) is 85.0 cm³/mol. The minimum absolute atomic E-state index is 0.00112. The minimum Gasteiger partial charge on any atom is -0.368 e. The number of amides is 2. The van der Waals surface area contributed by atoms with E-state index in [-0.39, 0.29) is 29.4 Å². The number of ether oxygens (including phenoxy) is 1. The Hall–Kier alpha value is -1.21. The Morgan fingerprint density at radius 3 is 2.54 bits per heavy atom. The molecule has 0 bridgehead atoms. The number of hydrogen-bond acceptors (Lipinski definition) is 4. The van der Waals surface area contributed by atoms with E-state index in [2.05, 4.69) is 10.2 Å². The number of morpholine rings is 1. The van der Waals surface area contributed by atoms with Gasteiger partial charge in [-0.25, -0.2) is 4.39 Å². The average molecular weight is 339 g/mol. The highest BCUT2D eigenvalue weighted by atomic mass is 19.1. The van der Waals surface area contributed by atoms with E-state index < -0.39 is 6.17 Å². The van der Waals surface area contributed by atoms with Crippen LogP contribution in [0.4, 0.5) is 4.39 Å². The molecule has 7 heteroatoms. The fourth-order valence-electron chi connectivity index (χ4n) is 4.12. The highest BCUT2D eigenvalue weighted by Crippen LogP contribution is 2.38. The first-order chi connectivity index (χ1) is 11.5. The highest BCUT2D eigenvalue weighted by Gasteiger charge is 2.53. The van der Waals surface area contributed by atoms with Gasteiger partial charge in [-0.3, -0.25) is 14.5 Å². The zero-order valence-corrected chi connectivity index (χ0v) is 14.2. The van der Waals surface area contributed by atoms with Crippen molar-refractivity contribution in [2.45, 2.75) is 43.5 Å². The summed E-state index contributed by atoms with van der Waals surface area (Å²) in [6.45, 7) is 3.15. The molecule has 134 valence electrons. The van der Waals surface area contributed by atoms with Gasteiger partial charge in [-0.05, 0) is 31.6 Å². The lowest BCUT2D eigenvalue weighted by Gasteiger charge is -2.56. The van der Waals surface area contributed by atoms with Gasteiger partial charge in [-0.2, -0.15) is 0 Å². The Morgan fingerprint density at radius 2 is 1.96 bits per heavy atom. The molecule has 24 heavy (non-hydrogen) atoms. The van der Waals surface area contributed by atoms with E-state index >= 15 is 0 Å². The van der Waals surface area contributed by atoms with E-state index in [9.17, 15) is 14.0 Å². The fourth-order valence-corrected chi connectivity index (χ4v) is 4.12. The van der Waals surface area contributed by atoms with Crippen molar-refractivity contribution in [1.29, 1.82) is 0 Å². The number of carbonyl (C=O) groups excluding carboxylic acids is 2. The van der Waals surface area contributed by atoms with Crippen molar-refractivity contribution < 1.29 is 18.7 Å². The van der Waals surface area contributed by atoms with Gasteiger partial charge >= 0.3 is 0 Å². The van der Waals surface area contributed by atoms with Gasteiger partial charge in [-0.1, -0.05) is 0 Å². The summed E-state index contributed by atoms with van der Waals surface area (Å²) in [5.74, 6) is 0.630. The van der Waals surface area contributed by atoms with Crippen molar-refractivity contribution in [3.63, 3.8) is 0 Å². The maximum atomic E-state index is 13.0. The summed E-state index contributed by atoms with van der Waals surface area (Å²) >= 11 is 0. The summed E-state index contributed by atoms with van der Waals surface area (Å²) < 4.78 is 19.0. The Bertz CT molecular complexity index is 527. The molecule has 1 spiro atoms. The number of hydrogen-bond donors (Lipinski definition) is 1. The maximum Gasteiger partial charge on any atom is 0.239 e. The second-order valence-electron chi connectivity index (χ2n) is 7.96. The summed E-state index contributed by atoms with van der Waals surface area (Å²) in [5, 5.41) is 2.72. The van der Waals surface area contributed by atoms with Gasteiger partial charge in [0, 0.05) is 26.1 Å². The van der Waals surface area contributed by atoms with Crippen LogP contribution in [-0.2, 0) is 14.3 Å². The number of nitrogens with zero attached hydrogens (tertiary/aromatic N) is 2. The molecule has 2 aliphatic carbocycles. The molecule has 2 heterocycles. The van der Waals surface area contributed by atoms with Crippen LogP contribution >= 0.6 is 0 Å². The first-order valence-electron chi connectivity index (χ1n) is 9.02. The normalized spacial score (nSPS) is 35.2. The highest BCUT2D eigenvalue weighted by molar-refractivity contribution is 5.82. The van der Waals surface area contributed by atoms with E-state index in [0.29, 0.717) is 45.0 Å².